The maximum absolute atomic E-state index is 11.3. The largest absolute Gasteiger partial charge is 0.355 e. The first kappa shape index (κ1) is 10.5. The summed E-state index contributed by atoms with van der Waals surface area (Å²) in [5, 5.41) is 4.71. The number of nitrogens with one attached hydrogen (secondary N) is 1. The average Bonchev–Trinajstić information content (AvgIpc) is 2.51. The predicted octanol–water partition coefficient (Wildman–Crippen LogP) is 1.87. The zero-order valence-electron chi connectivity index (χ0n) is 7.50. The Hall–Kier alpha value is -0.610. The summed E-state index contributed by atoms with van der Waals surface area (Å²) in [6.45, 7) is 4.33. The summed E-state index contributed by atoms with van der Waals surface area (Å²) in [4.78, 5) is 15.4. The van der Waals surface area contributed by atoms with Crippen molar-refractivity contribution in [3.63, 3.8) is 0 Å². The van der Waals surface area contributed by atoms with E-state index in [2.05, 4.69) is 10.3 Å². The molecule has 1 heterocycles. The summed E-state index contributed by atoms with van der Waals surface area (Å²) in [7, 11) is 0. The summed E-state index contributed by atoms with van der Waals surface area (Å²) in [6, 6.07) is 0. The molecule has 0 spiro atoms. The van der Waals surface area contributed by atoms with Crippen molar-refractivity contribution in [1.82, 2.24) is 10.3 Å². The van der Waals surface area contributed by atoms with Crippen LogP contribution in [-0.4, -0.2) is 17.4 Å². The van der Waals surface area contributed by atoms with Gasteiger partial charge in [-0.3, -0.25) is 4.79 Å². The molecule has 1 unspecified atom stereocenters. The van der Waals surface area contributed by atoms with Gasteiger partial charge in [0.15, 0.2) is 5.38 Å². The van der Waals surface area contributed by atoms with Crippen molar-refractivity contribution in [3.8, 4) is 0 Å². The van der Waals surface area contributed by atoms with Gasteiger partial charge in [-0.05, 0) is 13.8 Å². The van der Waals surface area contributed by atoms with E-state index in [-0.39, 0.29) is 5.91 Å². The molecule has 0 saturated heterocycles. The highest BCUT2D eigenvalue weighted by Crippen LogP contribution is 2.21. The molecule has 5 heteroatoms. The summed E-state index contributed by atoms with van der Waals surface area (Å²) in [5.41, 5.74) is 0.634. The molecule has 0 saturated carbocycles. The molecule has 0 aliphatic carbocycles. The second kappa shape index (κ2) is 4.58. The van der Waals surface area contributed by atoms with Gasteiger partial charge in [0.05, 0.1) is 10.7 Å². The van der Waals surface area contributed by atoms with Crippen molar-refractivity contribution in [2.75, 3.05) is 6.54 Å². The minimum Gasteiger partial charge on any atom is -0.355 e. The fourth-order valence-electron chi connectivity index (χ4n) is 0.895. The predicted molar refractivity (Wildman–Crippen MR) is 54.1 cm³/mol. The van der Waals surface area contributed by atoms with Crippen LogP contribution in [0.3, 0.4) is 0 Å². The van der Waals surface area contributed by atoms with E-state index >= 15 is 0 Å². The van der Waals surface area contributed by atoms with E-state index in [0.29, 0.717) is 12.2 Å². The van der Waals surface area contributed by atoms with Crippen molar-refractivity contribution in [3.05, 3.63) is 16.1 Å². The van der Waals surface area contributed by atoms with Crippen LogP contribution in [0.2, 0.25) is 0 Å². The quantitative estimate of drug-likeness (QED) is 0.788. The van der Waals surface area contributed by atoms with Crippen LogP contribution in [0.1, 0.15) is 23.0 Å². The van der Waals surface area contributed by atoms with Gasteiger partial charge < -0.3 is 5.32 Å². The van der Waals surface area contributed by atoms with E-state index in [1.165, 1.54) is 11.3 Å². The van der Waals surface area contributed by atoms with Crippen LogP contribution in [0.4, 0.5) is 0 Å². The minimum absolute atomic E-state index is 0.186. The molecule has 1 N–H and O–H groups in total. The van der Waals surface area contributed by atoms with Crippen molar-refractivity contribution < 1.29 is 4.79 Å². The molecule has 0 radical (unpaired) electrons. The number of aromatic nitrogens is 1. The molecule has 1 atom stereocenters. The second-order valence-corrected chi connectivity index (χ2v) is 4.05. The minimum atomic E-state index is -0.662. The van der Waals surface area contributed by atoms with Crippen molar-refractivity contribution in [2.45, 2.75) is 19.2 Å². The maximum atomic E-state index is 11.3. The number of rotatable bonds is 3. The Morgan fingerprint density at radius 2 is 2.54 bits per heavy atom. The lowest BCUT2D eigenvalue weighted by atomic mass is 10.3. The number of hydrogen-bond donors (Lipinski definition) is 1. The Kier molecular flexibility index (Phi) is 3.69. The zero-order chi connectivity index (χ0) is 9.84. The third kappa shape index (κ3) is 2.67. The van der Waals surface area contributed by atoms with Gasteiger partial charge in [0, 0.05) is 11.9 Å². The van der Waals surface area contributed by atoms with E-state index < -0.39 is 5.38 Å². The molecule has 0 bridgehead atoms. The molecular formula is C8H11ClN2OS. The van der Waals surface area contributed by atoms with E-state index in [1.54, 1.807) is 0 Å². The molecule has 72 valence electrons. The van der Waals surface area contributed by atoms with Crippen molar-refractivity contribution in [2.24, 2.45) is 0 Å². The molecule has 1 amide bonds. The Bertz CT molecular complexity index is 300. The number of aryl methyl sites for hydroxylation is 1. The lowest BCUT2D eigenvalue weighted by Gasteiger charge is -2.05. The van der Waals surface area contributed by atoms with Crippen LogP contribution in [-0.2, 0) is 4.79 Å². The van der Waals surface area contributed by atoms with Crippen LogP contribution < -0.4 is 5.32 Å². The van der Waals surface area contributed by atoms with Crippen molar-refractivity contribution >= 4 is 28.8 Å². The fraction of sp³-hybridized carbons (Fsp3) is 0.500. The monoisotopic (exact) mass is 218 g/mol. The number of likely N-dealkylation sites (N-methyl/N-ethyl adjacent to an activating group) is 1. The summed E-state index contributed by atoms with van der Waals surface area (Å²) in [5.74, 6) is -0.186. The second-order valence-electron chi connectivity index (χ2n) is 2.55. The number of carbonyl (C=O) groups is 1. The molecule has 0 fully saturated rings. The van der Waals surface area contributed by atoms with Crippen molar-refractivity contribution in [1.29, 1.82) is 0 Å². The molecule has 0 aliphatic heterocycles. The van der Waals surface area contributed by atoms with Gasteiger partial charge in [-0.2, -0.15) is 0 Å². The maximum Gasteiger partial charge on any atom is 0.244 e. The number of alkyl halides is 1. The molecule has 0 aliphatic rings. The van der Waals surface area contributed by atoms with Gasteiger partial charge in [-0.25, -0.2) is 4.98 Å². The van der Waals surface area contributed by atoms with Gasteiger partial charge in [-0.1, -0.05) is 0 Å². The fourth-order valence-corrected chi connectivity index (χ4v) is 1.80. The normalized spacial score (nSPS) is 12.5. The highest BCUT2D eigenvalue weighted by Gasteiger charge is 2.18. The van der Waals surface area contributed by atoms with E-state index in [4.69, 9.17) is 11.6 Å². The summed E-state index contributed by atoms with van der Waals surface area (Å²) in [6.07, 6.45) is 0. The van der Waals surface area contributed by atoms with Crippen LogP contribution >= 0.6 is 22.9 Å². The molecule has 13 heavy (non-hydrogen) atoms. The zero-order valence-corrected chi connectivity index (χ0v) is 9.08. The first-order chi connectivity index (χ1) is 6.15. The van der Waals surface area contributed by atoms with Gasteiger partial charge in [-0.15, -0.1) is 22.9 Å². The van der Waals surface area contributed by atoms with Gasteiger partial charge in [0.25, 0.3) is 0 Å². The third-order valence-corrected chi connectivity index (χ3v) is 2.69. The number of nitrogens with zero attached hydrogens (tertiary/aromatic N) is 1. The van der Waals surface area contributed by atoms with Crippen LogP contribution in [0.15, 0.2) is 5.38 Å². The lowest BCUT2D eigenvalue weighted by molar-refractivity contribution is -0.120. The first-order valence-corrected chi connectivity index (χ1v) is 5.30. The lowest BCUT2D eigenvalue weighted by Crippen LogP contribution is -2.26. The van der Waals surface area contributed by atoms with Gasteiger partial charge in [0.2, 0.25) is 5.91 Å². The third-order valence-electron chi connectivity index (χ3n) is 1.48. The van der Waals surface area contributed by atoms with E-state index in [0.717, 1.165) is 5.01 Å². The number of hydrogen-bond acceptors (Lipinski definition) is 3. The average molecular weight is 219 g/mol. The van der Waals surface area contributed by atoms with Gasteiger partial charge in [0.1, 0.15) is 0 Å². The number of carbonyl (C=O) groups excluding carboxylic acids is 1. The van der Waals surface area contributed by atoms with Gasteiger partial charge >= 0.3 is 0 Å². The number of thiazole rings is 1. The highest BCUT2D eigenvalue weighted by molar-refractivity contribution is 7.09. The molecule has 1 aromatic rings. The molecule has 0 aromatic carbocycles. The highest BCUT2D eigenvalue weighted by atomic mass is 35.5. The van der Waals surface area contributed by atoms with E-state index in [1.807, 2.05) is 19.2 Å². The standard InChI is InChI=1S/C8H11ClN2OS/c1-3-10-8(12)7(9)6-4-13-5(2)11-6/h4,7H,3H2,1-2H3,(H,10,12). The Morgan fingerprint density at radius 3 is 3.00 bits per heavy atom. The molecular weight excluding hydrogens is 208 g/mol. The summed E-state index contributed by atoms with van der Waals surface area (Å²) < 4.78 is 0. The topological polar surface area (TPSA) is 42.0 Å². The Labute approximate surface area is 86.1 Å². The SMILES string of the molecule is CCNC(=O)C(Cl)c1csc(C)n1. The summed E-state index contributed by atoms with van der Waals surface area (Å²) >= 11 is 7.37. The number of amides is 1. The Morgan fingerprint density at radius 1 is 1.85 bits per heavy atom. The Balaban J connectivity index is 2.67. The van der Waals surface area contributed by atoms with Crippen LogP contribution in [0, 0.1) is 6.92 Å². The van der Waals surface area contributed by atoms with E-state index in [9.17, 15) is 4.79 Å². The molecule has 3 nitrogen and oxygen atoms in total. The molecule has 1 rings (SSSR count). The number of halogens is 1. The van der Waals surface area contributed by atoms with Crippen LogP contribution in [0.25, 0.3) is 0 Å². The van der Waals surface area contributed by atoms with Crippen LogP contribution in [0.5, 0.6) is 0 Å². The smallest absolute Gasteiger partial charge is 0.244 e. The first-order valence-electron chi connectivity index (χ1n) is 3.99. The molecule has 1 aromatic heterocycles.